The van der Waals surface area contributed by atoms with Gasteiger partial charge < -0.3 is 14.4 Å². The van der Waals surface area contributed by atoms with Crippen LogP contribution in [0.1, 0.15) is 13.8 Å². The van der Waals surface area contributed by atoms with Crippen LogP contribution in [0.5, 0.6) is 11.5 Å². The van der Waals surface area contributed by atoms with E-state index in [1.807, 2.05) is 13.8 Å². The molecule has 2 rings (SSSR count). The second-order valence-electron chi connectivity index (χ2n) is 6.11. The molecule has 0 atom stereocenters. The van der Waals surface area contributed by atoms with Crippen molar-refractivity contribution in [3.05, 3.63) is 24.3 Å². The largest absolute Gasteiger partial charge is 0.497 e. The second-order valence-corrected chi connectivity index (χ2v) is 8.43. The lowest BCUT2D eigenvalue weighted by molar-refractivity contribution is -0.136. The molecule has 0 spiro atoms. The zero-order valence-electron chi connectivity index (χ0n) is 13.7. The Balaban J connectivity index is 1.78. The molecule has 1 aliphatic heterocycles. The van der Waals surface area contributed by atoms with Crippen molar-refractivity contribution in [1.29, 1.82) is 0 Å². The van der Waals surface area contributed by atoms with E-state index in [4.69, 9.17) is 9.47 Å². The third kappa shape index (κ3) is 4.60. The van der Waals surface area contributed by atoms with Crippen molar-refractivity contribution in [3.8, 4) is 11.5 Å². The van der Waals surface area contributed by atoms with Gasteiger partial charge in [-0.05, 0) is 30.2 Å². The molecule has 0 saturated carbocycles. The van der Waals surface area contributed by atoms with Gasteiger partial charge in [0.05, 0.1) is 18.1 Å². The quantitative estimate of drug-likeness (QED) is 0.749. The summed E-state index contributed by atoms with van der Waals surface area (Å²) in [5, 5.41) is -0.435. The van der Waals surface area contributed by atoms with Crippen LogP contribution in [0, 0.1) is 5.92 Å². The fourth-order valence-electron chi connectivity index (χ4n) is 2.38. The molecule has 0 N–H and O–H groups in total. The second kappa shape index (κ2) is 7.21. The van der Waals surface area contributed by atoms with E-state index in [2.05, 4.69) is 0 Å². The first-order valence-electron chi connectivity index (χ1n) is 7.58. The number of methoxy groups -OCH3 is 1. The smallest absolute Gasteiger partial charge is 0.260 e. The van der Waals surface area contributed by atoms with Crippen LogP contribution in [0.3, 0.4) is 0 Å². The summed E-state index contributed by atoms with van der Waals surface area (Å²) in [6.07, 6.45) is 0. The van der Waals surface area contributed by atoms with Gasteiger partial charge in [-0.1, -0.05) is 13.8 Å². The van der Waals surface area contributed by atoms with E-state index in [-0.39, 0.29) is 37.3 Å². The van der Waals surface area contributed by atoms with Crippen molar-refractivity contribution in [2.24, 2.45) is 5.92 Å². The molecule has 0 aromatic heterocycles. The Morgan fingerprint density at radius 2 is 1.78 bits per heavy atom. The molecule has 0 radical (unpaired) electrons. The number of sulfone groups is 1. The molecule has 1 aromatic carbocycles. The van der Waals surface area contributed by atoms with Crippen LogP contribution in [0.15, 0.2) is 24.3 Å². The van der Waals surface area contributed by atoms with Gasteiger partial charge in [0.25, 0.3) is 5.91 Å². The topological polar surface area (TPSA) is 72.9 Å². The van der Waals surface area contributed by atoms with Crippen LogP contribution in [-0.2, 0) is 14.6 Å². The van der Waals surface area contributed by atoms with Crippen molar-refractivity contribution >= 4 is 15.7 Å². The number of nitrogens with zero attached hydrogens (tertiary/aromatic N) is 1. The fourth-order valence-corrected chi connectivity index (χ4v) is 4.39. The van der Waals surface area contributed by atoms with Gasteiger partial charge >= 0.3 is 0 Å². The van der Waals surface area contributed by atoms with E-state index >= 15 is 0 Å². The minimum Gasteiger partial charge on any atom is -0.497 e. The highest BCUT2D eigenvalue weighted by molar-refractivity contribution is 7.92. The van der Waals surface area contributed by atoms with Crippen LogP contribution in [0.2, 0.25) is 0 Å². The third-order valence-electron chi connectivity index (χ3n) is 3.70. The number of likely N-dealkylation sites (tertiary alicyclic amines) is 1. The van der Waals surface area contributed by atoms with Gasteiger partial charge in [0.15, 0.2) is 16.4 Å². The molecule has 1 aromatic rings. The molecule has 0 aliphatic carbocycles. The number of hydrogen-bond acceptors (Lipinski definition) is 5. The highest BCUT2D eigenvalue weighted by atomic mass is 32.2. The Morgan fingerprint density at radius 3 is 2.30 bits per heavy atom. The maximum absolute atomic E-state index is 12.1. The molecule has 23 heavy (non-hydrogen) atoms. The zero-order valence-corrected chi connectivity index (χ0v) is 14.5. The van der Waals surface area contributed by atoms with E-state index < -0.39 is 15.1 Å². The minimum atomic E-state index is -3.11. The number of rotatable bonds is 7. The molecule has 128 valence electrons. The first-order chi connectivity index (χ1) is 10.8. The van der Waals surface area contributed by atoms with Crippen LogP contribution in [-0.4, -0.2) is 57.0 Å². The predicted molar refractivity (Wildman–Crippen MR) is 87.5 cm³/mol. The summed E-state index contributed by atoms with van der Waals surface area (Å²) in [7, 11) is -1.54. The summed E-state index contributed by atoms with van der Waals surface area (Å²) < 4.78 is 34.6. The van der Waals surface area contributed by atoms with Gasteiger partial charge in [-0.15, -0.1) is 0 Å². The Hall–Kier alpha value is -1.76. The van der Waals surface area contributed by atoms with E-state index in [1.165, 1.54) is 4.90 Å². The number of amides is 1. The molecule has 1 aliphatic rings. The van der Waals surface area contributed by atoms with E-state index in [0.717, 1.165) is 0 Å². The Morgan fingerprint density at radius 1 is 1.22 bits per heavy atom. The Kier molecular flexibility index (Phi) is 5.51. The molecule has 1 fully saturated rings. The first kappa shape index (κ1) is 17.6. The number of benzene rings is 1. The average molecular weight is 341 g/mol. The summed E-state index contributed by atoms with van der Waals surface area (Å²) >= 11 is 0. The maximum atomic E-state index is 12.1. The molecule has 7 heteroatoms. The number of carbonyl (C=O) groups excluding carboxylic acids is 1. The maximum Gasteiger partial charge on any atom is 0.260 e. The van der Waals surface area contributed by atoms with Gasteiger partial charge in [0, 0.05) is 13.1 Å². The first-order valence-corrected chi connectivity index (χ1v) is 9.29. The van der Waals surface area contributed by atoms with Gasteiger partial charge in [-0.3, -0.25) is 4.79 Å². The van der Waals surface area contributed by atoms with Crippen molar-refractivity contribution < 1.29 is 22.7 Å². The summed E-state index contributed by atoms with van der Waals surface area (Å²) in [5.41, 5.74) is 0. The highest BCUT2D eigenvalue weighted by Gasteiger charge is 2.39. The van der Waals surface area contributed by atoms with Crippen LogP contribution >= 0.6 is 0 Å². The Labute approximate surface area is 137 Å². The lowest BCUT2D eigenvalue weighted by atomic mass is 10.2. The van der Waals surface area contributed by atoms with Crippen molar-refractivity contribution in [1.82, 2.24) is 4.90 Å². The summed E-state index contributed by atoms with van der Waals surface area (Å²) in [5.74, 6) is 1.36. The SMILES string of the molecule is COc1ccc(OCC(=O)N2CC(S(=O)(=O)CC(C)C)C2)cc1. The van der Waals surface area contributed by atoms with Crippen molar-refractivity contribution in [3.63, 3.8) is 0 Å². The lowest BCUT2D eigenvalue weighted by Gasteiger charge is -2.38. The molecule has 1 amide bonds. The van der Waals surface area contributed by atoms with Crippen LogP contribution in [0.25, 0.3) is 0 Å². The summed E-state index contributed by atoms with van der Waals surface area (Å²) in [6, 6.07) is 6.94. The summed E-state index contributed by atoms with van der Waals surface area (Å²) in [6.45, 7) is 4.19. The van der Waals surface area contributed by atoms with Crippen molar-refractivity contribution in [2.75, 3.05) is 32.6 Å². The summed E-state index contributed by atoms with van der Waals surface area (Å²) in [4.78, 5) is 13.5. The fraction of sp³-hybridized carbons (Fsp3) is 0.562. The Bertz CT molecular complexity index is 633. The van der Waals surface area contributed by atoms with Crippen molar-refractivity contribution in [2.45, 2.75) is 19.1 Å². The molecule has 6 nitrogen and oxygen atoms in total. The lowest BCUT2D eigenvalue weighted by Crippen LogP contribution is -2.58. The average Bonchev–Trinajstić information content (AvgIpc) is 2.42. The van der Waals surface area contributed by atoms with E-state index in [0.29, 0.717) is 11.5 Å². The van der Waals surface area contributed by atoms with Gasteiger partial charge in [0.2, 0.25) is 0 Å². The van der Waals surface area contributed by atoms with Crippen LogP contribution in [0.4, 0.5) is 0 Å². The monoisotopic (exact) mass is 341 g/mol. The van der Waals surface area contributed by atoms with Gasteiger partial charge in [-0.25, -0.2) is 8.42 Å². The molecule has 0 unspecified atom stereocenters. The molecular weight excluding hydrogens is 318 g/mol. The molecule has 1 heterocycles. The van der Waals surface area contributed by atoms with Gasteiger partial charge in [0.1, 0.15) is 11.5 Å². The van der Waals surface area contributed by atoms with Gasteiger partial charge in [-0.2, -0.15) is 0 Å². The van der Waals surface area contributed by atoms with Crippen LogP contribution < -0.4 is 9.47 Å². The molecule has 0 bridgehead atoms. The number of hydrogen-bond donors (Lipinski definition) is 0. The van der Waals surface area contributed by atoms with E-state index in [1.54, 1.807) is 31.4 Å². The normalized spacial score (nSPS) is 15.4. The standard InChI is InChI=1S/C16H23NO5S/c1-12(2)11-23(19,20)15-8-17(9-15)16(18)10-22-14-6-4-13(21-3)5-7-14/h4-7,12,15H,8-11H2,1-3H3. The highest BCUT2D eigenvalue weighted by Crippen LogP contribution is 2.20. The minimum absolute atomic E-state index is 0.0940. The zero-order chi connectivity index (χ0) is 17.0. The molecule has 1 saturated heterocycles. The number of ether oxygens (including phenoxy) is 2. The number of carbonyl (C=O) groups is 1. The predicted octanol–water partition coefficient (Wildman–Crippen LogP) is 1.36. The van der Waals surface area contributed by atoms with E-state index in [9.17, 15) is 13.2 Å². The third-order valence-corrected chi connectivity index (χ3v) is 6.14. The molecular formula is C16H23NO5S.